The van der Waals surface area contributed by atoms with Crippen molar-refractivity contribution < 1.29 is 19.4 Å². The summed E-state index contributed by atoms with van der Waals surface area (Å²) in [6, 6.07) is 0. The van der Waals surface area contributed by atoms with Gasteiger partial charge in [0.1, 0.15) is 6.10 Å². The molecule has 2 aliphatic rings. The predicted octanol–water partition coefficient (Wildman–Crippen LogP) is 0.879. The Morgan fingerprint density at radius 3 is 2.76 bits per heavy atom. The first-order valence-corrected chi connectivity index (χ1v) is 6.29. The zero-order valence-corrected chi connectivity index (χ0v) is 9.93. The molecule has 2 fully saturated rings. The quantitative estimate of drug-likeness (QED) is 0.796. The minimum absolute atomic E-state index is 0.0533. The van der Waals surface area contributed by atoms with E-state index in [9.17, 15) is 9.59 Å². The van der Waals surface area contributed by atoms with Gasteiger partial charge in [-0.2, -0.15) is 0 Å². The van der Waals surface area contributed by atoms with Gasteiger partial charge in [0.05, 0.1) is 0 Å². The molecule has 0 aromatic rings. The summed E-state index contributed by atoms with van der Waals surface area (Å²) in [7, 11) is 0. The Bertz CT molecular complexity index is 299. The fraction of sp³-hybridized carbons (Fsp3) is 0.833. The largest absolute Gasteiger partial charge is 0.481 e. The van der Waals surface area contributed by atoms with E-state index in [1.165, 1.54) is 0 Å². The van der Waals surface area contributed by atoms with Gasteiger partial charge in [0.2, 0.25) is 0 Å². The van der Waals surface area contributed by atoms with Gasteiger partial charge in [-0.1, -0.05) is 0 Å². The summed E-state index contributed by atoms with van der Waals surface area (Å²) in [4.78, 5) is 24.5. The second-order valence-electron chi connectivity index (χ2n) is 4.89. The summed E-state index contributed by atoms with van der Waals surface area (Å²) >= 11 is 0. The molecule has 5 heteroatoms. The average molecular weight is 241 g/mol. The normalized spacial score (nSPS) is 29.3. The number of carboxylic acids is 1. The van der Waals surface area contributed by atoms with Crippen molar-refractivity contribution in [3.63, 3.8) is 0 Å². The average Bonchev–Trinajstić information content (AvgIpc) is 2.81. The summed E-state index contributed by atoms with van der Waals surface area (Å²) in [5, 5.41) is 8.77. The molecule has 17 heavy (non-hydrogen) atoms. The maximum Gasteiger partial charge on any atom is 0.303 e. The number of hydrogen-bond acceptors (Lipinski definition) is 3. The molecular weight excluding hydrogens is 222 g/mol. The number of hydrogen-bond donors (Lipinski definition) is 1. The molecule has 0 aromatic carbocycles. The van der Waals surface area contributed by atoms with Crippen LogP contribution in [-0.4, -0.2) is 47.7 Å². The number of rotatable bonds is 3. The van der Waals surface area contributed by atoms with Gasteiger partial charge < -0.3 is 14.7 Å². The van der Waals surface area contributed by atoms with Gasteiger partial charge in [-0.05, 0) is 31.6 Å². The van der Waals surface area contributed by atoms with Crippen molar-refractivity contribution in [2.24, 2.45) is 5.92 Å². The number of nitrogens with zero attached hydrogens (tertiary/aromatic N) is 1. The van der Waals surface area contributed by atoms with E-state index in [-0.39, 0.29) is 24.3 Å². The number of ether oxygens (including phenoxy) is 1. The van der Waals surface area contributed by atoms with E-state index in [1.807, 2.05) is 0 Å². The summed E-state index contributed by atoms with van der Waals surface area (Å²) < 4.78 is 5.38. The molecule has 1 amide bonds. The van der Waals surface area contributed by atoms with E-state index in [4.69, 9.17) is 9.84 Å². The van der Waals surface area contributed by atoms with Crippen LogP contribution in [0.3, 0.4) is 0 Å². The van der Waals surface area contributed by atoms with Crippen LogP contribution in [0.15, 0.2) is 0 Å². The van der Waals surface area contributed by atoms with Crippen LogP contribution >= 0.6 is 0 Å². The Kier molecular flexibility index (Phi) is 3.99. The lowest BCUT2D eigenvalue weighted by Gasteiger charge is -2.33. The molecule has 0 aromatic heterocycles. The molecule has 2 rings (SSSR count). The highest BCUT2D eigenvalue weighted by Crippen LogP contribution is 2.22. The van der Waals surface area contributed by atoms with Crippen molar-refractivity contribution >= 4 is 11.9 Å². The smallest absolute Gasteiger partial charge is 0.303 e. The Morgan fingerprint density at radius 2 is 2.12 bits per heavy atom. The maximum atomic E-state index is 12.1. The molecule has 0 bridgehead atoms. The Balaban J connectivity index is 1.87. The van der Waals surface area contributed by atoms with Gasteiger partial charge in [0.15, 0.2) is 0 Å². The van der Waals surface area contributed by atoms with Crippen LogP contribution in [-0.2, 0) is 14.3 Å². The van der Waals surface area contributed by atoms with Gasteiger partial charge in [0.25, 0.3) is 5.91 Å². The number of aliphatic carboxylic acids is 1. The zero-order chi connectivity index (χ0) is 12.3. The third-order valence-corrected chi connectivity index (χ3v) is 3.50. The van der Waals surface area contributed by atoms with Crippen molar-refractivity contribution in [3.8, 4) is 0 Å². The zero-order valence-electron chi connectivity index (χ0n) is 9.93. The molecule has 2 aliphatic heterocycles. The third kappa shape index (κ3) is 3.19. The van der Waals surface area contributed by atoms with Crippen molar-refractivity contribution in [3.05, 3.63) is 0 Å². The molecule has 0 aliphatic carbocycles. The molecule has 2 saturated heterocycles. The van der Waals surface area contributed by atoms with E-state index in [0.29, 0.717) is 13.2 Å². The highest BCUT2D eigenvalue weighted by molar-refractivity contribution is 5.81. The molecule has 2 heterocycles. The summed E-state index contributed by atoms with van der Waals surface area (Å²) in [5.41, 5.74) is 0. The highest BCUT2D eigenvalue weighted by Gasteiger charge is 2.31. The number of likely N-dealkylation sites (tertiary alicyclic amines) is 1. The van der Waals surface area contributed by atoms with Gasteiger partial charge in [-0.25, -0.2) is 0 Å². The van der Waals surface area contributed by atoms with E-state index in [2.05, 4.69) is 0 Å². The molecule has 1 N–H and O–H groups in total. The van der Waals surface area contributed by atoms with Crippen molar-refractivity contribution in [1.29, 1.82) is 0 Å². The van der Waals surface area contributed by atoms with E-state index in [1.54, 1.807) is 4.90 Å². The number of amides is 1. The van der Waals surface area contributed by atoms with Crippen LogP contribution in [0.1, 0.15) is 32.1 Å². The number of carbonyl (C=O) groups is 2. The predicted molar refractivity (Wildman–Crippen MR) is 60.5 cm³/mol. The summed E-state index contributed by atoms with van der Waals surface area (Å²) in [5.74, 6) is -0.620. The van der Waals surface area contributed by atoms with Crippen LogP contribution in [0, 0.1) is 5.92 Å². The summed E-state index contributed by atoms with van der Waals surface area (Å²) in [6.45, 7) is 1.99. The molecule has 5 nitrogen and oxygen atoms in total. The molecule has 0 spiro atoms. The Labute approximate surface area is 101 Å². The van der Waals surface area contributed by atoms with Crippen LogP contribution in [0.25, 0.3) is 0 Å². The first kappa shape index (κ1) is 12.4. The Hall–Kier alpha value is -1.10. The maximum absolute atomic E-state index is 12.1. The second kappa shape index (κ2) is 5.49. The molecule has 0 saturated carbocycles. The molecular formula is C12H19NO4. The lowest BCUT2D eigenvalue weighted by Crippen LogP contribution is -2.45. The first-order valence-electron chi connectivity index (χ1n) is 6.29. The minimum Gasteiger partial charge on any atom is -0.481 e. The first-order chi connectivity index (χ1) is 8.16. The fourth-order valence-corrected chi connectivity index (χ4v) is 2.65. The number of piperidine rings is 1. The van der Waals surface area contributed by atoms with Gasteiger partial charge in [-0.3, -0.25) is 9.59 Å². The monoisotopic (exact) mass is 241 g/mol. The van der Waals surface area contributed by atoms with Crippen molar-refractivity contribution in [1.82, 2.24) is 4.90 Å². The van der Waals surface area contributed by atoms with Crippen LogP contribution in [0.4, 0.5) is 0 Å². The third-order valence-electron chi connectivity index (χ3n) is 3.50. The molecule has 0 radical (unpaired) electrons. The van der Waals surface area contributed by atoms with Crippen LogP contribution in [0.2, 0.25) is 0 Å². The molecule has 96 valence electrons. The molecule has 1 unspecified atom stereocenters. The van der Waals surface area contributed by atoms with Crippen molar-refractivity contribution in [2.75, 3.05) is 19.7 Å². The van der Waals surface area contributed by atoms with Crippen LogP contribution in [0.5, 0.6) is 0 Å². The van der Waals surface area contributed by atoms with Gasteiger partial charge >= 0.3 is 5.97 Å². The lowest BCUT2D eigenvalue weighted by atomic mass is 9.94. The number of carboxylic acid groups (broad SMARTS) is 1. The van der Waals surface area contributed by atoms with Gasteiger partial charge in [-0.15, -0.1) is 0 Å². The molecule has 2 atom stereocenters. The standard InChI is InChI=1S/C12H19NO4/c14-11(15)7-9-3-1-5-13(8-9)12(16)10-4-2-6-17-10/h9-10H,1-8H2,(H,14,15)/t9?,10-/m1/s1. The Morgan fingerprint density at radius 1 is 1.29 bits per heavy atom. The van der Waals surface area contributed by atoms with E-state index in [0.717, 1.165) is 32.2 Å². The minimum atomic E-state index is -0.776. The van der Waals surface area contributed by atoms with Crippen molar-refractivity contribution in [2.45, 2.75) is 38.2 Å². The number of carbonyl (C=O) groups excluding carboxylic acids is 1. The van der Waals surface area contributed by atoms with E-state index >= 15 is 0 Å². The van der Waals surface area contributed by atoms with Crippen LogP contribution < -0.4 is 0 Å². The lowest BCUT2D eigenvalue weighted by molar-refractivity contribution is -0.145. The topological polar surface area (TPSA) is 66.8 Å². The fourth-order valence-electron chi connectivity index (χ4n) is 2.65. The SMILES string of the molecule is O=C(O)CC1CCCN(C(=O)[C@H]2CCCO2)C1. The highest BCUT2D eigenvalue weighted by atomic mass is 16.5. The summed E-state index contributed by atoms with van der Waals surface area (Å²) in [6.07, 6.45) is 3.44. The van der Waals surface area contributed by atoms with Gasteiger partial charge in [0, 0.05) is 26.1 Å². The second-order valence-corrected chi connectivity index (χ2v) is 4.89. The van der Waals surface area contributed by atoms with E-state index < -0.39 is 5.97 Å².